The predicted molar refractivity (Wildman–Crippen MR) is 93.3 cm³/mol. The lowest BCUT2D eigenvalue weighted by atomic mass is 10.1. The molecule has 0 unspecified atom stereocenters. The van der Waals surface area contributed by atoms with Crippen molar-refractivity contribution in [3.8, 4) is 5.75 Å². The minimum absolute atomic E-state index is 0.0820. The zero-order valence-electron chi connectivity index (χ0n) is 13.8. The van der Waals surface area contributed by atoms with Crippen molar-refractivity contribution in [3.63, 3.8) is 0 Å². The van der Waals surface area contributed by atoms with Crippen LogP contribution in [0.5, 0.6) is 5.75 Å². The van der Waals surface area contributed by atoms with E-state index >= 15 is 0 Å². The summed E-state index contributed by atoms with van der Waals surface area (Å²) in [4.78, 5) is 14.6. The van der Waals surface area contributed by atoms with Gasteiger partial charge in [-0.25, -0.2) is 0 Å². The van der Waals surface area contributed by atoms with Crippen LogP contribution < -0.4 is 15.0 Å². The lowest BCUT2D eigenvalue weighted by Gasteiger charge is -2.21. The van der Waals surface area contributed by atoms with Crippen molar-refractivity contribution >= 4 is 17.3 Å². The molecular formula is C19H20F2N2O2. The Labute approximate surface area is 145 Å². The Morgan fingerprint density at radius 2 is 1.76 bits per heavy atom. The number of anilines is 2. The van der Waals surface area contributed by atoms with Crippen LogP contribution in [0, 0.1) is 0 Å². The fourth-order valence-corrected chi connectivity index (χ4v) is 2.98. The number of carbonyl (C=O) groups excluding carboxylic acids is 1. The number of hydrogen-bond donors (Lipinski definition) is 1. The molecule has 1 saturated heterocycles. The van der Waals surface area contributed by atoms with E-state index in [4.69, 9.17) is 0 Å². The van der Waals surface area contributed by atoms with Crippen molar-refractivity contribution in [1.82, 2.24) is 0 Å². The Hall–Kier alpha value is -2.63. The second-order valence-electron chi connectivity index (χ2n) is 5.96. The van der Waals surface area contributed by atoms with Crippen molar-refractivity contribution in [2.45, 2.75) is 25.9 Å². The molecule has 0 spiro atoms. The Morgan fingerprint density at radius 3 is 2.44 bits per heavy atom. The van der Waals surface area contributed by atoms with E-state index in [2.05, 4.69) is 15.0 Å². The maximum Gasteiger partial charge on any atom is 0.387 e. The minimum atomic E-state index is -2.85. The predicted octanol–water partition coefficient (Wildman–Crippen LogP) is 4.07. The largest absolute Gasteiger partial charge is 0.435 e. The summed E-state index contributed by atoms with van der Waals surface area (Å²) in [5, 5.41) is 2.95. The summed E-state index contributed by atoms with van der Waals surface area (Å²) >= 11 is 0. The lowest BCUT2D eigenvalue weighted by molar-refractivity contribution is -0.115. The summed E-state index contributed by atoms with van der Waals surface area (Å²) in [6.07, 6.45) is 2.49. The molecule has 0 aromatic heterocycles. The van der Waals surface area contributed by atoms with Gasteiger partial charge in [0.25, 0.3) is 0 Å². The van der Waals surface area contributed by atoms with Gasteiger partial charge in [0.2, 0.25) is 5.91 Å². The molecule has 1 fully saturated rings. The molecule has 1 amide bonds. The summed E-state index contributed by atoms with van der Waals surface area (Å²) in [5.74, 6) is -0.0623. The van der Waals surface area contributed by atoms with Crippen LogP contribution in [-0.2, 0) is 11.2 Å². The van der Waals surface area contributed by atoms with Gasteiger partial charge < -0.3 is 15.0 Å². The van der Waals surface area contributed by atoms with E-state index in [0.717, 1.165) is 42.9 Å². The minimum Gasteiger partial charge on any atom is -0.435 e. The van der Waals surface area contributed by atoms with Gasteiger partial charge in [-0.05, 0) is 42.7 Å². The van der Waals surface area contributed by atoms with Crippen LogP contribution in [0.3, 0.4) is 0 Å². The molecule has 1 aliphatic heterocycles. The second-order valence-corrected chi connectivity index (χ2v) is 5.96. The highest BCUT2D eigenvalue weighted by Crippen LogP contribution is 2.28. The number of ether oxygens (including phenoxy) is 1. The standard InChI is InChI=1S/C19H20F2N2O2/c20-19(21)25-15-9-7-14(8-10-15)13-18(24)22-16-5-1-2-6-17(16)23-11-3-4-12-23/h1-2,5-10,19H,3-4,11-13H2,(H,22,24). The van der Waals surface area contributed by atoms with Crippen LogP contribution >= 0.6 is 0 Å². The Kier molecular flexibility index (Phi) is 5.48. The van der Waals surface area contributed by atoms with Gasteiger partial charge in [0.15, 0.2) is 0 Å². The first-order valence-corrected chi connectivity index (χ1v) is 8.29. The van der Waals surface area contributed by atoms with Gasteiger partial charge in [-0.2, -0.15) is 8.78 Å². The molecule has 0 atom stereocenters. The maximum atomic E-state index is 12.3. The molecule has 25 heavy (non-hydrogen) atoms. The van der Waals surface area contributed by atoms with Crippen molar-refractivity contribution in [1.29, 1.82) is 0 Å². The van der Waals surface area contributed by atoms with E-state index < -0.39 is 6.61 Å². The highest BCUT2D eigenvalue weighted by atomic mass is 19.3. The van der Waals surface area contributed by atoms with E-state index in [1.165, 1.54) is 12.1 Å². The molecule has 1 heterocycles. The number of halogens is 2. The molecule has 2 aromatic rings. The number of benzene rings is 2. The third-order valence-corrected chi connectivity index (χ3v) is 4.14. The summed E-state index contributed by atoms with van der Waals surface area (Å²) in [6, 6.07) is 13.9. The van der Waals surface area contributed by atoms with Gasteiger partial charge >= 0.3 is 6.61 Å². The average molecular weight is 346 g/mol. The number of amides is 1. The van der Waals surface area contributed by atoms with Crippen LogP contribution in [0.2, 0.25) is 0 Å². The highest BCUT2D eigenvalue weighted by molar-refractivity contribution is 5.95. The first kappa shape index (κ1) is 17.2. The third-order valence-electron chi connectivity index (χ3n) is 4.14. The van der Waals surface area contributed by atoms with Gasteiger partial charge in [-0.1, -0.05) is 24.3 Å². The molecular weight excluding hydrogens is 326 g/mol. The Bertz CT molecular complexity index is 714. The average Bonchev–Trinajstić information content (AvgIpc) is 3.11. The first-order chi connectivity index (χ1) is 12.1. The smallest absolute Gasteiger partial charge is 0.387 e. The zero-order chi connectivity index (χ0) is 17.6. The molecule has 2 aromatic carbocycles. The fourth-order valence-electron chi connectivity index (χ4n) is 2.98. The molecule has 0 radical (unpaired) electrons. The summed E-state index contributed by atoms with van der Waals surface area (Å²) in [7, 11) is 0. The van der Waals surface area contributed by atoms with Gasteiger partial charge in [-0.3, -0.25) is 4.79 Å². The number of hydrogen-bond acceptors (Lipinski definition) is 3. The van der Waals surface area contributed by atoms with E-state index in [-0.39, 0.29) is 18.1 Å². The zero-order valence-corrected chi connectivity index (χ0v) is 13.8. The van der Waals surface area contributed by atoms with E-state index in [1.54, 1.807) is 12.1 Å². The normalized spacial score (nSPS) is 14.0. The molecule has 132 valence electrons. The monoisotopic (exact) mass is 346 g/mol. The van der Waals surface area contributed by atoms with Crippen LogP contribution in [0.15, 0.2) is 48.5 Å². The van der Waals surface area contributed by atoms with E-state index in [0.29, 0.717) is 0 Å². The number of alkyl halides is 2. The highest BCUT2D eigenvalue weighted by Gasteiger charge is 2.16. The number of nitrogens with zero attached hydrogens (tertiary/aromatic N) is 1. The molecule has 4 nitrogen and oxygen atoms in total. The summed E-state index contributed by atoms with van der Waals surface area (Å²) < 4.78 is 28.6. The number of rotatable bonds is 6. The molecule has 0 aliphatic carbocycles. The fraction of sp³-hybridized carbons (Fsp3) is 0.316. The van der Waals surface area contributed by atoms with Crippen molar-refractivity contribution in [2.75, 3.05) is 23.3 Å². The Balaban J connectivity index is 1.63. The van der Waals surface area contributed by atoms with Crippen LogP contribution in [0.1, 0.15) is 18.4 Å². The van der Waals surface area contributed by atoms with Gasteiger partial charge in [0.1, 0.15) is 5.75 Å². The first-order valence-electron chi connectivity index (χ1n) is 8.29. The summed E-state index contributed by atoms with van der Waals surface area (Å²) in [6.45, 7) is -0.854. The van der Waals surface area contributed by atoms with Gasteiger partial charge in [-0.15, -0.1) is 0 Å². The van der Waals surface area contributed by atoms with Crippen LogP contribution in [0.4, 0.5) is 20.2 Å². The van der Waals surface area contributed by atoms with Crippen LogP contribution in [0.25, 0.3) is 0 Å². The van der Waals surface area contributed by atoms with Gasteiger partial charge in [0.05, 0.1) is 17.8 Å². The Morgan fingerprint density at radius 1 is 1.08 bits per heavy atom. The van der Waals surface area contributed by atoms with E-state index in [1.807, 2.05) is 24.3 Å². The molecule has 1 N–H and O–H groups in total. The molecule has 6 heteroatoms. The topological polar surface area (TPSA) is 41.6 Å². The van der Waals surface area contributed by atoms with Crippen molar-refractivity contribution in [2.24, 2.45) is 0 Å². The quantitative estimate of drug-likeness (QED) is 0.857. The molecule has 1 aliphatic rings. The molecule has 3 rings (SSSR count). The number of nitrogens with one attached hydrogen (secondary N) is 1. The van der Waals surface area contributed by atoms with Crippen molar-refractivity contribution < 1.29 is 18.3 Å². The molecule has 0 bridgehead atoms. The van der Waals surface area contributed by atoms with Crippen LogP contribution in [-0.4, -0.2) is 25.6 Å². The third kappa shape index (κ3) is 4.68. The number of para-hydroxylation sites is 2. The van der Waals surface area contributed by atoms with Gasteiger partial charge in [0, 0.05) is 13.1 Å². The second kappa shape index (κ2) is 7.96. The lowest BCUT2D eigenvalue weighted by Crippen LogP contribution is -2.21. The number of carbonyl (C=O) groups is 1. The maximum absolute atomic E-state index is 12.3. The SMILES string of the molecule is O=C(Cc1ccc(OC(F)F)cc1)Nc1ccccc1N1CCCC1. The van der Waals surface area contributed by atoms with E-state index in [9.17, 15) is 13.6 Å². The molecule has 0 saturated carbocycles. The summed E-state index contributed by atoms with van der Waals surface area (Å²) in [5.41, 5.74) is 2.57. The van der Waals surface area contributed by atoms with Crippen molar-refractivity contribution in [3.05, 3.63) is 54.1 Å².